The van der Waals surface area contributed by atoms with Crippen molar-refractivity contribution in [1.82, 2.24) is 0 Å². The first kappa shape index (κ1) is 8.06. The van der Waals surface area contributed by atoms with Crippen molar-refractivity contribution < 1.29 is 5.11 Å². The predicted molar refractivity (Wildman–Crippen MR) is 41.3 cm³/mol. The molecule has 0 bridgehead atoms. The van der Waals surface area contributed by atoms with Gasteiger partial charge in [-0.3, -0.25) is 0 Å². The van der Waals surface area contributed by atoms with Crippen molar-refractivity contribution in [2.45, 2.75) is 52.1 Å². The molecule has 0 amide bonds. The van der Waals surface area contributed by atoms with E-state index in [0.717, 1.165) is 19.3 Å². The standard InChI is InChI=1S/C9H17O/c1-8(2)6-4-5-7-9(8,3)10/h4-7H2,1-3H3. The Hall–Kier alpha value is -0.0400. The van der Waals surface area contributed by atoms with E-state index in [-0.39, 0.29) is 5.41 Å². The zero-order valence-corrected chi connectivity index (χ0v) is 7.24. The van der Waals surface area contributed by atoms with Crippen LogP contribution in [0.2, 0.25) is 0 Å². The Morgan fingerprint density at radius 2 is 1.50 bits per heavy atom. The van der Waals surface area contributed by atoms with Crippen LogP contribution < -0.4 is 0 Å². The first-order valence-electron chi connectivity index (χ1n) is 4.16. The summed E-state index contributed by atoms with van der Waals surface area (Å²) in [6.07, 6.45) is 4.33. The van der Waals surface area contributed by atoms with E-state index in [1.807, 2.05) is 6.92 Å². The Morgan fingerprint density at radius 3 is 1.80 bits per heavy atom. The Morgan fingerprint density at radius 1 is 1.00 bits per heavy atom. The number of hydrogen-bond acceptors (Lipinski definition) is 0. The largest absolute Gasteiger partial charge is 0.229 e. The van der Waals surface area contributed by atoms with E-state index in [9.17, 15) is 5.11 Å². The fourth-order valence-electron chi connectivity index (χ4n) is 1.63. The maximum absolute atomic E-state index is 11.8. The van der Waals surface area contributed by atoms with Crippen LogP contribution in [0.1, 0.15) is 46.5 Å². The topological polar surface area (TPSA) is 19.9 Å². The third kappa shape index (κ3) is 1.20. The summed E-state index contributed by atoms with van der Waals surface area (Å²) in [5, 5.41) is 11.8. The number of rotatable bonds is 0. The van der Waals surface area contributed by atoms with Gasteiger partial charge in [0.05, 0.1) is 0 Å². The second-order valence-corrected chi connectivity index (χ2v) is 4.32. The van der Waals surface area contributed by atoms with Crippen LogP contribution in [0.15, 0.2) is 0 Å². The highest BCUT2D eigenvalue weighted by atomic mass is 16.3. The summed E-state index contributed by atoms with van der Waals surface area (Å²) in [5.74, 6) is 0. The van der Waals surface area contributed by atoms with Crippen LogP contribution in [-0.2, 0) is 5.11 Å². The van der Waals surface area contributed by atoms with Crippen molar-refractivity contribution in [3.05, 3.63) is 0 Å². The van der Waals surface area contributed by atoms with Gasteiger partial charge in [-0.05, 0) is 25.2 Å². The molecule has 1 nitrogen and oxygen atoms in total. The minimum Gasteiger partial charge on any atom is -0.229 e. The summed E-state index contributed by atoms with van der Waals surface area (Å²) in [6, 6.07) is 0. The summed E-state index contributed by atoms with van der Waals surface area (Å²) in [6.45, 7) is 6.05. The fourth-order valence-corrected chi connectivity index (χ4v) is 1.63. The molecule has 1 aliphatic carbocycles. The fraction of sp³-hybridized carbons (Fsp3) is 1.00. The average molecular weight is 141 g/mol. The average Bonchev–Trinajstić information content (AvgIpc) is 1.77. The summed E-state index contributed by atoms with van der Waals surface area (Å²) >= 11 is 0. The monoisotopic (exact) mass is 141 g/mol. The minimum absolute atomic E-state index is 0.0191. The lowest BCUT2D eigenvalue weighted by Crippen LogP contribution is -2.43. The van der Waals surface area contributed by atoms with E-state index >= 15 is 0 Å². The molecule has 1 atom stereocenters. The van der Waals surface area contributed by atoms with Gasteiger partial charge in [-0.1, -0.05) is 26.7 Å². The van der Waals surface area contributed by atoms with Gasteiger partial charge in [0.2, 0.25) is 0 Å². The maximum Gasteiger partial charge on any atom is 0.106 e. The molecule has 10 heavy (non-hydrogen) atoms. The second kappa shape index (κ2) is 2.23. The normalized spacial score (nSPS) is 39.6. The molecule has 0 aromatic heterocycles. The van der Waals surface area contributed by atoms with Crippen molar-refractivity contribution in [3.8, 4) is 0 Å². The van der Waals surface area contributed by atoms with Crippen LogP contribution in [-0.4, -0.2) is 5.60 Å². The van der Waals surface area contributed by atoms with Crippen molar-refractivity contribution in [2.24, 2.45) is 5.41 Å². The molecule has 0 spiro atoms. The molecule has 1 radical (unpaired) electrons. The first-order valence-corrected chi connectivity index (χ1v) is 4.16. The molecule has 1 aliphatic rings. The van der Waals surface area contributed by atoms with Crippen LogP contribution in [0, 0.1) is 5.41 Å². The van der Waals surface area contributed by atoms with E-state index in [1.165, 1.54) is 6.42 Å². The van der Waals surface area contributed by atoms with Crippen LogP contribution in [0.5, 0.6) is 0 Å². The third-order valence-corrected chi connectivity index (χ3v) is 3.14. The zero-order chi connectivity index (χ0) is 7.83. The van der Waals surface area contributed by atoms with Crippen molar-refractivity contribution in [1.29, 1.82) is 0 Å². The molecule has 1 heteroatoms. The summed E-state index contributed by atoms with van der Waals surface area (Å²) < 4.78 is 0. The summed E-state index contributed by atoms with van der Waals surface area (Å²) in [4.78, 5) is 0. The molecule has 0 heterocycles. The highest BCUT2D eigenvalue weighted by Gasteiger charge is 2.42. The predicted octanol–water partition coefficient (Wildman–Crippen LogP) is 2.78. The highest BCUT2D eigenvalue weighted by Crippen LogP contribution is 2.43. The lowest BCUT2D eigenvalue weighted by atomic mass is 9.66. The highest BCUT2D eigenvalue weighted by molar-refractivity contribution is 4.92. The van der Waals surface area contributed by atoms with Crippen LogP contribution in [0.3, 0.4) is 0 Å². The second-order valence-electron chi connectivity index (χ2n) is 4.32. The SMILES string of the molecule is CC1(C)CCCCC1(C)[O]. The third-order valence-electron chi connectivity index (χ3n) is 3.14. The molecule has 0 aliphatic heterocycles. The molecule has 0 aromatic carbocycles. The van der Waals surface area contributed by atoms with Crippen LogP contribution in [0.4, 0.5) is 0 Å². The Labute approximate surface area is 63.4 Å². The summed E-state index contributed by atoms with van der Waals surface area (Å²) in [7, 11) is 0. The van der Waals surface area contributed by atoms with E-state index in [2.05, 4.69) is 13.8 Å². The Bertz CT molecular complexity index is 109. The lowest BCUT2D eigenvalue weighted by Gasteiger charge is -2.42. The van der Waals surface area contributed by atoms with E-state index < -0.39 is 5.60 Å². The van der Waals surface area contributed by atoms with Crippen molar-refractivity contribution >= 4 is 0 Å². The molecule has 0 N–H and O–H groups in total. The van der Waals surface area contributed by atoms with E-state index in [4.69, 9.17) is 0 Å². The Kier molecular flexibility index (Phi) is 1.80. The molecular weight excluding hydrogens is 124 g/mol. The molecule has 1 unspecified atom stereocenters. The smallest absolute Gasteiger partial charge is 0.106 e. The first-order chi connectivity index (χ1) is 4.46. The number of hydrogen-bond donors (Lipinski definition) is 0. The van der Waals surface area contributed by atoms with Gasteiger partial charge < -0.3 is 0 Å². The molecule has 1 rings (SSSR count). The van der Waals surface area contributed by atoms with Gasteiger partial charge in [0.25, 0.3) is 0 Å². The van der Waals surface area contributed by atoms with Gasteiger partial charge in [-0.2, -0.15) is 0 Å². The molecule has 0 saturated heterocycles. The van der Waals surface area contributed by atoms with Crippen molar-refractivity contribution in [3.63, 3.8) is 0 Å². The van der Waals surface area contributed by atoms with Crippen molar-refractivity contribution in [2.75, 3.05) is 0 Å². The minimum atomic E-state index is -0.675. The Balaban J connectivity index is 2.70. The molecule has 1 fully saturated rings. The molecule has 59 valence electrons. The molecule has 1 saturated carbocycles. The van der Waals surface area contributed by atoms with E-state index in [0.29, 0.717) is 0 Å². The van der Waals surface area contributed by atoms with Gasteiger partial charge >= 0.3 is 0 Å². The van der Waals surface area contributed by atoms with Crippen LogP contribution in [0.25, 0.3) is 0 Å². The van der Waals surface area contributed by atoms with Gasteiger partial charge in [0.1, 0.15) is 5.60 Å². The van der Waals surface area contributed by atoms with E-state index in [1.54, 1.807) is 0 Å². The summed E-state index contributed by atoms with van der Waals surface area (Å²) in [5.41, 5.74) is -0.656. The molecular formula is C9H17O. The van der Waals surface area contributed by atoms with Gasteiger partial charge in [-0.25, -0.2) is 5.11 Å². The maximum atomic E-state index is 11.8. The quantitative estimate of drug-likeness (QED) is 0.494. The van der Waals surface area contributed by atoms with Crippen LogP contribution >= 0.6 is 0 Å². The van der Waals surface area contributed by atoms with Gasteiger partial charge in [-0.15, -0.1) is 0 Å². The lowest BCUT2D eigenvalue weighted by molar-refractivity contribution is -0.129. The zero-order valence-electron chi connectivity index (χ0n) is 7.24. The molecule has 0 aromatic rings. The van der Waals surface area contributed by atoms with Gasteiger partial charge in [0, 0.05) is 0 Å². The van der Waals surface area contributed by atoms with Gasteiger partial charge in [0.15, 0.2) is 0 Å².